The van der Waals surface area contributed by atoms with E-state index in [1.165, 1.54) is 0 Å². The second-order valence-corrected chi connectivity index (χ2v) is 3.58. The largest absolute Gasteiger partial charge is 0.456 e. The summed E-state index contributed by atoms with van der Waals surface area (Å²) in [6.07, 6.45) is -2.78. The Morgan fingerprint density at radius 2 is 2.00 bits per heavy atom. The van der Waals surface area contributed by atoms with Gasteiger partial charge in [0.2, 0.25) is 0 Å². The van der Waals surface area contributed by atoms with Crippen LogP contribution in [0.3, 0.4) is 0 Å². The predicted molar refractivity (Wildman–Crippen MR) is 51.9 cm³/mol. The topological polar surface area (TPSA) is 66.8 Å². The molecule has 0 saturated carbocycles. The summed E-state index contributed by atoms with van der Waals surface area (Å²) in [7, 11) is 0. The first-order valence-corrected chi connectivity index (χ1v) is 4.79. The predicted octanol–water partition coefficient (Wildman–Crippen LogP) is 0.396. The summed E-state index contributed by atoms with van der Waals surface area (Å²) in [4.78, 5) is 10.9. The van der Waals surface area contributed by atoms with Crippen LogP contribution in [0.2, 0.25) is 0 Å². The number of carbonyl (C=O) groups is 1. The summed E-state index contributed by atoms with van der Waals surface area (Å²) in [5.74, 6) is -0.470. The summed E-state index contributed by atoms with van der Waals surface area (Å²) in [5, 5.41) is 19.4. The monoisotopic (exact) mass is 208 g/mol. The van der Waals surface area contributed by atoms with E-state index in [1.807, 2.05) is 6.07 Å². The Morgan fingerprint density at radius 1 is 1.33 bits per heavy atom. The molecule has 0 amide bonds. The molecule has 1 aliphatic heterocycles. The number of ether oxygens (including phenoxy) is 1. The zero-order valence-corrected chi connectivity index (χ0v) is 8.04. The Hall–Kier alpha value is -1.39. The standard InChI is InChI=1S/C11H12O4/c12-8-6-9(13)15-11(8)10(14)7-4-2-1-3-5-7/h1-5,8,10-12,14H,6H2/t8-,10-,11-/m1/s1. The van der Waals surface area contributed by atoms with Gasteiger partial charge in [-0.3, -0.25) is 4.79 Å². The lowest BCUT2D eigenvalue weighted by atomic mass is 10.0. The highest BCUT2D eigenvalue weighted by Crippen LogP contribution is 2.27. The van der Waals surface area contributed by atoms with Crippen LogP contribution in [0, 0.1) is 0 Å². The van der Waals surface area contributed by atoms with Crippen LogP contribution in [0.25, 0.3) is 0 Å². The van der Waals surface area contributed by atoms with Crippen molar-refractivity contribution in [2.75, 3.05) is 0 Å². The van der Waals surface area contributed by atoms with Crippen molar-refractivity contribution >= 4 is 5.97 Å². The van der Waals surface area contributed by atoms with Crippen molar-refractivity contribution in [3.05, 3.63) is 35.9 Å². The number of hydrogen-bond acceptors (Lipinski definition) is 4. The third-order valence-corrected chi connectivity index (χ3v) is 2.47. The highest BCUT2D eigenvalue weighted by molar-refractivity contribution is 5.72. The second kappa shape index (κ2) is 4.00. The molecule has 0 bridgehead atoms. The van der Waals surface area contributed by atoms with E-state index in [2.05, 4.69) is 0 Å². The number of aliphatic hydroxyl groups excluding tert-OH is 2. The summed E-state index contributed by atoms with van der Waals surface area (Å²) >= 11 is 0. The van der Waals surface area contributed by atoms with Crippen molar-refractivity contribution in [1.82, 2.24) is 0 Å². The van der Waals surface area contributed by atoms with Crippen LogP contribution in [0.1, 0.15) is 18.1 Å². The van der Waals surface area contributed by atoms with Crippen LogP contribution in [0.15, 0.2) is 30.3 Å². The molecule has 0 aromatic heterocycles. The number of rotatable bonds is 2. The van der Waals surface area contributed by atoms with Gasteiger partial charge in [0, 0.05) is 0 Å². The van der Waals surface area contributed by atoms with Gasteiger partial charge >= 0.3 is 5.97 Å². The molecule has 1 aromatic rings. The maximum Gasteiger partial charge on any atom is 0.309 e. The van der Waals surface area contributed by atoms with E-state index < -0.39 is 24.3 Å². The summed E-state index contributed by atoms with van der Waals surface area (Å²) in [5.41, 5.74) is 0.635. The van der Waals surface area contributed by atoms with Crippen molar-refractivity contribution in [3.63, 3.8) is 0 Å². The molecular formula is C11H12O4. The minimum absolute atomic E-state index is 0.0471. The molecule has 1 saturated heterocycles. The third-order valence-electron chi connectivity index (χ3n) is 2.47. The first-order chi connectivity index (χ1) is 7.18. The number of cyclic esters (lactones) is 1. The highest BCUT2D eigenvalue weighted by atomic mass is 16.6. The van der Waals surface area contributed by atoms with Crippen molar-refractivity contribution in [2.45, 2.75) is 24.7 Å². The maximum absolute atomic E-state index is 10.9. The van der Waals surface area contributed by atoms with E-state index in [0.29, 0.717) is 5.56 Å². The fourth-order valence-electron chi connectivity index (χ4n) is 1.68. The van der Waals surface area contributed by atoms with Crippen LogP contribution >= 0.6 is 0 Å². The Bertz CT molecular complexity index is 349. The highest BCUT2D eigenvalue weighted by Gasteiger charge is 2.38. The zero-order valence-electron chi connectivity index (χ0n) is 8.04. The fraction of sp³-hybridized carbons (Fsp3) is 0.364. The van der Waals surface area contributed by atoms with Crippen LogP contribution in [-0.2, 0) is 9.53 Å². The Balaban J connectivity index is 2.15. The third kappa shape index (κ3) is 2.00. The van der Waals surface area contributed by atoms with Gasteiger partial charge in [0.05, 0.1) is 6.42 Å². The molecule has 1 fully saturated rings. The minimum Gasteiger partial charge on any atom is -0.456 e. The van der Waals surface area contributed by atoms with E-state index in [1.54, 1.807) is 24.3 Å². The smallest absolute Gasteiger partial charge is 0.309 e. The number of carbonyl (C=O) groups excluding carboxylic acids is 1. The quantitative estimate of drug-likeness (QED) is 0.690. The molecule has 0 radical (unpaired) electrons. The summed E-state index contributed by atoms with van der Waals surface area (Å²) in [6.45, 7) is 0. The lowest BCUT2D eigenvalue weighted by Crippen LogP contribution is -2.28. The zero-order chi connectivity index (χ0) is 10.8. The van der Waals surface area contributed by atoms with Crippen molar-refractivity contribution in [1.29, 1.82) is 0 Å². The molecule has 1 aromatic carbocycles. The van der Waals surface area contributed by atoms with E-state index in [9.17, 15) is 15.0 Å². The van der Waals surface area contributed by atoms with Gasteiger partial charge in [-0.1, -0.05) is 30.3 Å². The average molecular weight is 208 g/mol. The van der Waals surface area contributed by atoms with Crippen LogP contribution in [-0.4, -0.2) is 28.4 Å². The van der Waals surface area contributed by atoms with Crippen LogP contribution in [0.4, 0.5) is 0 Å². The van der Waals surface area contributed by atoms with Gasteiger partial charge in [0.15, 0.2) is 6.10 Å². The molecule has 2 N–H and O–H groups in total. The molecule has 0 aliphatic carbocycles. The number of esters is 1. The van der Waals surface area contributed by atoms with E-state index in [4.69, 9.17) is 4.74 Å². The normalized spacial score (nSPS) is 27.5. The van der Waals surface area contributed by atoms with Gasteiger partial charge in [-0.05, 0) is 5.56 Å². The van der Waals surface area contributed by atoms with Crippen molar-refractivity contribution in [3.8, 4) is 0 Å². The molecule has 0 spiro atoms. The van der Waals surface area contributed by atoms with Gasteiger partial charge < -0.3 is 14.9 Å². The second-order valence-electron chi connectivity index (χ2n) is 3.58. The average Bonchev–Trinajstić information content (AvgIpc) is 2.58. The SMILES string of the molecule is O=C1C[C@@H](O)[C@H]([C@H](O)c2ccccc2)O1. The molecular weight excluding hydrogens is 196 g/mol. The summed E-state index contributed by atoms with van der Waals surface area (Å²) in [6, 6.07) is 8.84. The van der Waals surface area contributed by atoms with E-state index in [-0.39, 0.29) is 6.42 Å². The molecule has 1 aliphatic rings. The number of hydrogen-bond donors (Lipinski definition) is 2. The van der Waals surface area contributed by atoms with Crippen molar-refractivity contribution in [2.24, 2.45) is 0 Å². The molecule has 1 heterocycles. The van der Waals surface area contributed by atoms with Crippen molar-refractivity contribution < 1.29 is 19.7 Å². The number of benzene rings is 1. The molecule has 4 heteroatoms. The Labute approximate surface area is 87.1 Å². The van der Waals surface area contributed by atoms with Gasteiger partial charge in [0.25, 0.3) is 0 Å². The van der Waals surface area contributed by atoms with Gasteiger partial charge in [0.1, 0.15) is 12.2 Å². The van der Waals surface area contributed by atoms with Crippen LogP contribution < -0.4 is 0 Å². The van der Waals surface area contributed by atoms with Gasteiger partial charge in [-0.2, -0.15) is 0 Å². The lowest BCUT2D eigenvalue weighted by Gasteiger charge is -2.19. The lowest BCUT2D eigenvalue weighted by molar-refractivity contribution is -0.146. The summed E-state index contributed by atoms with van der Waals surface area (Å²) < 4.78 is 4.85. The van der Waals surface area contributed by atoms with Gasteiger partial charge in [-0.15, -0.1) is 0 Å². The Morgan fingerprint density at radius 3 is 2.53 bits per heavy atom. The molecule has 3 atom stereocenters. The first kappa shape index (κ1) is 10.1. The van der Waals surface area contributed by atoms with Gasteiger partial charge in [-0.25, -0.2) is 0 Å². The van der Waals surface area contributed by atoms with E-state index >= 15 is 0 Å². The molecule has 2 rings (SSSR count). The molecule has 4 nitrogen and oxygen atoms in total. The Kier molecular flexibility index (Phi) is 2.70. The molecule has 0 unspecified atom stereocenters. The molecule has 80 valence electrons. The maximum atomic E-state index is 10.9. The van der Waals surface area contributed by atoms with E-state index in [0.717, 1.165) is 0 Å². The fourth-order valence-corrected chi connectivity index (χ4v) is 1.68. The minimum atomic E-state index is -0.965. The molecule has 15 heavy (non-hydrogen) atoms. The number of aliphatic hydroxyl groups is 2. The van der Waals surface area contributed by atoms with Crippen LogP contribution in [0.5, 0.6) is 0 Å². The first-order valence-electron chi connectivity index (χ1n) is 4.79.